The molecule has 1 aromatic heterocycles. The second-order valence-corrected chi connectivity index (χ2v) is 8.20. The van der Waals surface area contributed by atoms with Gasteiger partial charge >= 0.3 is 0 Å². The zero-order valence-electron chi connectivity index (χ0n) is 15.1. The Labute approximate surface area is 157 Å². The lowest BCUT2D eigenvalue weighted by atomic mass is 10.3. The topological polar surface area (TPSA) is 69.0 Å². The van der Waals surface area contributed by atoms with E-state index in [2.05, 4.69) is 20.1 Å². The average molecular weight is 372 g/mol. The highest BCUT2D eigenvalue weighted by Gasteiger charge is 2.37. The van der Waals surface area contributed by atoms with Crippen molar-refractivity contribution in [1.29, 1.82) is 0 Å². The SMILES string of the molecule is CCOc1ccccc1NC(=O)[C@H](C)Sc1nnc(C2CC2)n1C1CC1. The van der Waals surface area contributed by atoms with Crippen LogP contribution in [0.1, 0.15) is 57.3 Å². The molecule has 26 heavy (non-hydrogen) atoms. The number of anilines is 1. The van der Waals surface area contributed by atoms with E-state index in [9.17, 15) is 4.79 Å². The van der Waals surface area contributed by atoms with Gasteiger partial charge in [-0.2, -0.15) is 0 Å². The smallest absolute Gasteiger partial charge is 0.237 e. The molecule has 0 bridgehead atoms. The lowest BCUT2D eigenvalue weighted by Gasteiger charge is -2.15. The van der Waals surface area contributed by atoms with Gasteiger partial charge < -0.3 is 14.6 Å². The first-order valence-electron chi connectivity index (χ1n) is 9.31. The van der Waals surface area contributed by atoms with E-state index >= 15 is 0 Å². The second-order valence-electron chi connectivity index (χ2n) is 6.89. The predicted octanol–water partition coefficient (Wildman–Crippen LogP) is 4.01. The molecule has 0 spiro atoms. The predicted molar refractivity (Wildman–Crippen MR) is 102 cm³/mol. The van der Waals surface area contributed by atoms with Crippen LogP contribution in [0.2, 0.25) is 0 Å². The fourth-order valence-corrected chi connectivity index (χ4v) is 3.89. The Balaban J connectivity index is 1.45. The molecule has 2 fully saturated rings. The van der Waals surface area contributed by atoms with Gasteiger partial charge in [0.25, 0.3) is 0 Å². The first-order chi connectivity index (χ1) is 12.7. The summed E-state index contributed by atoms with van der Waals surface area (Å²) in [5.41, 5.74) is 0.703. The largest absolute Gasteiger partial charge is 0.492 e. The average Bonchev–Trinajstić information content (AvgIpc) is 3.56. The van der Waals surface area contributed by atoms with Crippen LogP contribution in [-0.4, -0.2) is 32.5 Å². The van der Waals surface area contributed by atoms with Gasteiger partial charge in [0.15, 0.2) is 5.16 Å². The second kappa shape index (κ2) is 7.31. The molecule has 0 saturated heterocycles. The van der Waals surface area contributed by atoms with Gasteiger partial charge in [0, 0.05) is 12.0 Å². The van der Waals surface area contributed by atoms with E-state index in [1.54, 1.807) is 0 Å². The van der Waals surface area contributed by atoms with Gasteiger partial charge in [-0.1, -0.05) is 23.9 Å². The van der Waals surface area contributed by atoms with Gasteiger partial charge in [-0.25, -0.2) is 0 Å². The molecule has 1 heterocycles. The highest BCUT2D eigenvalue weighted by molar-refractivity contribution is 8.00. The molecule has 2 aliphatic carbocycles. The summed E-state index contributed by atoms with van der Waals surface area (Å²) < 4.78 is 7.86. The van der Waals surface area contributed by atoms with Crippen LogP contribution in [0.25, 0.3) is 0 Å². The summed E-state index contributed by atoms with van der Waals surface area (Å²) in [4.78, 5) is 12.7. The number of aromatic nitrogens is 3. The minimum Gasteiger partial charge on any atom is -0.492 e. The zero-order valence-corrected chi connectivity index (χ0v) is 16.0. The molecule has 1 atom stereocenters. The molecule has 1 amide bonds. The maximum absolute atomic E-state index is 12.7. The Morgan fingerprint density at radius 1 is 1.31 bits per heavy atom. The zero-order chi connectivity index (χ0) is 18.1. The number of carbonyl (C=O) groups is 1. The number of nitrogens with zero attached hydrogens (tertiary/aromatic N) is 3. The van der Waals surface area contributed by atoms with Crippen LogP contribution in [0.3, 0.4) is 0 Å². The lowest BCUT2D eigenvalue weighted by molar-refractivity contribution is -0.115. The Morgan fingerprint density at radius 2 is 2.08 bits per heavy atom. The van der Waals surface area contributed by atoms with Crippen molar-refractivity contribution in [2.75, 3.05) is 11.9 Å². The number of ether oxygens (including phenoxy) is 1. The minimum atomic E-state index is -0.265. The van der Waals surface area contributed by atoms with Crippen molar-refractivity contribution in [3.05, 3.63) is 30.1 Å². The fourth-order valence-electron chi connectivity index (χ4n) is 2.96. The van der Waals surface area contributed by atoms with Crippen molar-refractivity contribution >= 4 is 23.4 Å². The number of nitrogens with one attached hydrogen (secondary N) is 1. The Kier molecular flexibility index (Phi) is 4.89. The molecule has 2 aromatic rings. The van der Waals surface area contributed by atoms with E-state index < -0.39 is 0 Å². The summed E-state index contributed by atoms with van der Waals surface area (Å²) in [6.45, 7) is 4.40. The van der Waals surface area contributed by atoms with E-state index in [0.29, 0.717) is 30.0 Å². The Morgan fingerprint density at radius 3 is 2.77 bits per heavy atom. The van der Waals surface area contributed by atoms with Crippen LogP contribution < -0.4 is 10.1 Å². The molecular formula is C19H24N4O2S. The molecule has 2 saturated carbocycles. The van der Waals surface area contributed by atoms with Crippen LogP contribution in [0.5, 0.6) is 5.75 Å². The highest BCUT2D eigenvalue weighted by atomic mass is 32.2. The van der Waals surface area contributed by atoms with Crippen molar-refractivity contribution in [2.45, 2.75) is 61.9 Å². The molecule has 138 valence electrons. The summed E-state index contributed by atoms with van der Waals surface area (Å²) in [6.07, 6.45) is 4.79. The lowest BCUT2D eigenvalue weighted by Crippen LogP contribution is -2.23. The normalized spacial score (nSPS) is 17.8. The van der Waals surface area contributed by atoms with Crippen molar-refractivity contribution in [1.82, 2.24) is 14.8 Å². The maximum Gasteiger partial charge on any atom is 0.237 e. The number of para-hydroxylation sites is 2. The first-order valence-corrected chi connectivity index (χ1v) is 10.2. The van der Waals surface area contributed by atoms with Crippen molar-refractivity contribution in [2.24, 2.45) is 0 Å². The molecule has 0 aliphatic heterocycles. The molecule has 0 unspecified atom stereocenters. The van der Waals surface area contributed by atoms with Crippen LogP contribution in [0.4, 0.5) is 5.69 Å². The van der Waals surface area contributed by atoms with Crippen LogP contribution in [-0.2, 0) is 4.79 Å². The molecule has 2 aliphatic rings. The first kappa shape index (κ1) is 17.4. The van der Waals surface area contributed by atoms with Gasteiger partial charge in [0.2, 0.25) is 5.91 Å². The van der Waals surface area contributed by atoms with Crippen molar-refractivity contribution < 1.29 is 9.53 Å². The summed E-state index contributed by atoms with van der Waals surface area (Å²) in [5, 5.41) is 12.4. The number of amides is 1. The van der Waals surface area contributed by atoms with E-state index in [-0.39, 0.29) is 11.2 Å². The quantitative estimate of drug-likeness (QED) is 0.709. The molecular weight excluding hydrogens is 348 g/mol. The Hall–Kier alpha value is -2.02. The van der Waals surface area contributed by atoms with E-state index in [1.165, 1.54) is 37.4 Å². The summed E-state index contributed by atoms with van der Waals surface area (Å²) >= 11 is 1.49. The minimum absolute atomic E-state index is 0.0551. The van der Waals surface area contributed by atoms with E-state index in [1.807, 2.05) is 38.1 Å². The monoisotopic (exact) mass is 372 g/mol. The highest BCUT2D eigenvalue weighted by Crippen LogP contribution is 2.46. The van der Waals surface area contributed by atoms with Crippen LogP contribution >= 0.6 is 11.8 Å². The van der Waals surface area contributed by atoms with Gasteiger partial charge in [-0.05, 0) is 51.7 Å². The maximum atomic E-state index is 12.7. The number of carbonyl (C=O) groups excluding carboxylic acids is 1. The summed E-state index contributed by atoms with van der Waals surface area (Å²) in [6, 6.07) is 8.04. The van der Waals surface area contributed by atoms with Gasteiger partial charge in [-0.15, -0.1) is 10.2 Å². The van der Waals surface area contributed by atoms with Gasteiger partial charge in [0.1, 0.15) is 11.6 Å². The number of thioether (sulfide) groups is 1. The number of hydrogen-bond acceptors (Lipinski definition) is 5. The third-order valence-electron chi connectivity index (χ3n) is 4.64. The van der Waals surface area contributed by atoms with Gasteiger partial charge in [-0.3, -0.25) is 4.79 Å². The summed E-state index contributed by atoms with van der Waals surface area (Å²) in [7, 11) is 0. The van der Waals surface area contributed by atoms with Crippen molar-refractivity contribution in [3.63, 3.8) is 0 Å². The standard InChI is InChI=1S/C19H24N4O2S/c1-3-25-16-7-5-4-6-15(16)20-18(24)12(2)26-19-22-21-17(13-8-9-13)23(19)14-10-11-14/h4-7,12-14H,3,8-11H2,1-2H3,(H,20,24)/t12-/m0/s1. The fraction of sp³-hybridized carbons (Fsp3) is 0.526. The molecule has 0 radical (unpaired) electrons. The number of hydrogen-bond donors (Lipinski definition) is 1. The van der Waals surface area contributed by atoms with E-state index in [0.717, 1.165) is 11.0 Å². The molecule has 1 N–H and O–H groups in total. The third-order valence-corrected chi connectivity index (χ3v) is 5.70. The molecule has 7 heteroatoms. The molecule has 6 nitrogen and oxygen atoms in total. The van der Waals surface area contributed by atoms with Crippen molar-refractivity contribution in [3.8, 4) is 5.75 Å². The number of rotatable bonds is 8. The summed E-state index contributed by atoms with van der Waals surface area (Å²) in [5.74, 6) is 2.32. The number of benzene rings is 1. The van der Waals surface area contributed by atoms with E-state index in [4.69, 9.17) is 4.74 Å². The third kappa shape index (κ3) is 3.72. The molecule has 1 aromatic carbocycles. The molecule has 4 rings (SSSR count). The Bertz CT molecular complexity index is 799. The van der Waals surface area contributed by atoms with Crippen LogP contribution in [0, 0.1) is 0 Å². The van der Waals surface area contributed by atoms with Crippen LogP contribution in [0.15, 0.2) is 29.4 Å². The van der Waals surface area contributed by atoms with Gasteiger partial charge in [0.05, 0.1) is 17.5 Å².